The molecule has 0 aliphatic carbocycles. The average Bonchev–Trinajstić information content (AvgIpc) is 3.24. The lowest BCUT2D eigenvalue weighted by atomic mass is 9.94. The maximum atomic E-state index is 14.4. The summed E-state index contributed by atoms with van der Waals surface area (Å²) in [4.78, 5) is 16.7. The van der Waals surface area contributed by atoms with E-state index in [1.807, 2.05) is 25.1 Å². The highest BCUT2D eigenvalue weighted by Gasteiger charge is 2.35. The summed E-state index contributed by atoms with van der Waals surface area (Å²) < 4.78 is 31.1. The first-order valence-corrected chi connectivity index (χ1v) is 11.6. The molecule has 0 spiro atoms. The third kappa shape index (κ3) is 4.05. The first-order chi connectivity index (χ1) is 16.5. The van der Waals surface area contributed by atoms with E-state index in [1.54, 1.807) is 6.07 Å². The predicted molar refractivity (Wildman–Crippen MR) is 122 cm³/mol. The molecule has 0 bridgehead atoms. The summed E-state index contributed by atoms with van der Waals surface area (Å²) in [5.74, 6) is -0.665. The minimum absolute atomic E-state index is 0.000793. The van der Waals surface area contributed by atoms with Crippen LogP contribution in [0.2, 0.25) is 0 Å². The predicted octanol–water partition coefficient (Wildman–Crippen LogP) is 2.99. The molecular weight excluding hydrogens is 437 g/mol. The molecule has 0 aromatic heterocycles. The minimum atomic E-state index is -0.586. The number of esters is 1. The van der Waals surface area contributed by atoms with Gasteiger partial charge in [-0.2, -0.15) is 5.26 Å². The Bertz CT molecular complexity index is 1160. The van der Waals surface area contributed by atoms with E-state index in [0.717, 1.165) is 55.0 Å². The molecule has 2 aromatic rings. The second-order valence-electron chi connectivity index (χ2n) is 9.13. The van der Waals surface area contributed by atoms with Crippen LogP contribution in [0.4, 0.5) is 4.39 Å². The maximum absolute atomic E-state index is 14.4. The van der Waals surface area contributed by atoms with Crippen LogP contribution in [-0.4, -0.2) is 68.3 Å². The topological polar surface area (TPSA) is 75.0 Å². The Morgan fingerprint density at radius 2 is 2.09 bits per heavy atom. The Morgan fingerprint density at radius 3 is 2.88 bits per heavy atom. The third-order valence-electron chi connectivity index (χ3n) is 7.33. The summed E-state index contributed by atoms with van der Waals surface area (Å²) in [6.45, 7) is 7.39. The molecule has 8 heteroatoms. The fraction of sp³-hybridized carbons (Fsp3) is 0.462. The summed E-state index contributed by atoms with van der Waals surface area (Å²) in [5.41, 5.74) is 4.65. The van der Waals surface area contributed by atoms with Crippen LogP contribution in [-0.2, 0) is 22.5 Å². The van der Waals surface area contributed by atoms with E-state index < -0.39 is 5.82 Å². The number of morpholine rings is 1. The van der Waals surface area contributed by atoms with Crippen molar-refractivity contribution in [3.8, 4) is 11.8 Å². The Hall–Kier alpha value is -2.99. The maximum Gasteiger partial charge on any atom is 0.338 e. The highest BCUT2D eigenvalue weighted by molar-refractivity contribution is 5.93. The Labute approximate surface area is 198 Å². The Morgan fingerprint density at radius 1 is 1.24 bits per heavy atom. The van der Waals surface area contributed by atoms with Crippen molar-refractivity contribution in [2.24, 2.45) is 0 Å². The molecule has 0 saturated carbocycles. The highest BCUT2D eigenvalue weighted by Crippen LogP contribution is 2.34. The number of hydrogen-bond acceptors (Lipinski definition) is 7. The largest absolute Gasteiger partial charge is 0.493 e. The number of carbonyl (C=O) groups is 1. The molecule has 2 saturated heterocycles. The van der Waals surface area contributed by atoms with Crippen molar-refractivity contribution in [3.63, 3.8) is 0 Å². The highest BCUT2D eigenvalue weighted by atomic mass is 19.1. The van der Waals surface area contributed by atoms with Crippen LogP contribution in [0.25, 0.3) is 0 Å². The standard InChI is InChI=1S/C26H28FN3O4/c1-16-20(5-6-21-22(16)15-34-26(21)31)23-13-30-10-9-29(12-19(30)14-33-23)8-7-17-3-4-18(11-28)24(27)25(17)32-2/h3-6,19,23H,7-10,12-15H2,1-2H3/t19-,23-/m1/s1. The van der Waals surface area contributed by atoms with Gasteiger partial charge in [-0.25, -0.2) is 9.18 Å². The number of nitrogens with zero attached hydrogens (tertiary/aromatic N) is 3. The van der Waals surface area contributed by atoms with E-state index >= 15 is 0 Å². The zero-order valence-corrected chi connectivity index (χ0v) is 19.5. The molecule has 2 aromatic carbocycles. The summed E-state index contributed by atoms with van der Waals surface area (Å²) >= 11 is 0. The number of rotatable bonds is 5. The van der Waals surface area contributed by atoms with Crippen LogP contribution in [0.5, 0.6) is 5.75 Å². The van der Waals surface area contributed by atoms with E-state index in [4.69, 9.17) is 19.5 Å². The van der Waals surface area contributed by atoms with E-state index in [-0.39, 0.29) is 23.4 Å². The number of carbonyl (C=O) groups excluding carboxylic acids is 1. The van der Waals surface area contributed by atoms with Gasteiger partial charge in [0.15, 0.2) is 11.6 Å². The van der Waals surface area contributed by atoms with Crippen molar-refractivity contribution in [3.05, 3.63) is 63.5 Å². The van der Waals surface area contributed by atoms with Gasteiger partial charge in [0.1, 0.15) is 12.7 Å². The van der Waals surface area contributed by atoms with Crippen molar-refractivity contribution in [2.45, 2.75) is 32.1 Å². The van der Waals surface area contributed by atoms with Crippen molar-refractivity contribution in [2.75, 3.05) is 46.4 Å². The van der Waals surface area contributed by atoms with Gasteiger partial charge in [-0.15, -0.1) is 0 Å². The van der Waals surface area contributed by atoms with Gasteiger partial charge in [-0.3, -0.25) is 4.90 Å². The first-order valence-electron chi connectivity index (χ1n) is 11.6. The van der Waals surface area contributed by atoms with Gasteiger partial charge in [-0.05, 0) is 42.2 Å². The molecule has 0 unspecified atom stereocenters. The van der Waals surface area contributed by atoms with E-state index in [9.17, 15) is 9.18 Å². The van der Waals surface area contributed by atoms with Crippen molar-refractivity contribution in [1.82, 2.24) is 9.80 Å². The minimum Gasteiger partial charge on any atom is -0.493 e. The fourth-order valence-electron chi connectivity index (χ4n) is 5.33. The van der Waals surface area contributed by atoms with Gasteiger partial charge in [0.25, 0.3) is 0 Å². The molecule has 5 rings (SSSR count). The monoisotopic (exact) mass is 465 g/mol. The number of cyclic esters (lactones) is 1. The van der Waals surface area contributed by atoms with Gasteiger partial charge in [-0.1, -0.05) is 12.1 Å². The number of piperazine rings is 1. The third-order valence-corrected chi connectivity index (χ3v) is 7.33. The van der Waals surface area contributed by atoms with Crippen LogP contribution >= 0.6 is 0 Å². The normalized spacial score (nSPS) is 22.6. The molecular formula is C26H28FN3O4. The molecule has 0 amide bonds. The van der Waals surface area contributed by atoms with Gasteiger partial charge in [0.2, 0.25) is 0 Å². The summed E-state index contributed by atoms with van der Waals surface area (Å²) in [6.07, 6.45) is 0.631. The van der Waals surface area contributed by atoms with Crippen LogP contribution < -0.4 is 4.74 Å². The number of nitriles is 1. The van der Waals surface area contributed by atoms with Crippen LogP contribution in [0.15, 0.2) is 24.3 Å². The number of ether oxygens (including phenoxy) is 3. The van der Waals surface area contributed by atoms with Crippen molar-refractivity contribution >= 4 is 5.97 Å². The number of methoxy groups -OCH3 is 1. The van der Waals surface area contributed by atoms with Gasteiger partial charge >= 0.3 is 5.97 Å². The SMILES string of the molecule is COc1c(CCN2CCN3C[C@H](c4ccc5c(c4C)COC5=O)OC[C@H]3C2)ccc(C#N)c1F. The lowest BCUT2D eigenvalue weighted by molar-refractivity contribution is -0.0903. The van der Waals surface area contributed by atoms with Gasteiger partial charge in [0, 0.05) is 44.3 Å². The summed E-state index contributed by atoms with van der Waals surface area (Å²) in [6, 6.07) is 9.34. The van der Waals surface area contributed by atoms with Crippen LogP contribution in [0.3, 0.4) is 0 Å². The zero-order chi connectivity index (χ0) is 23.8. The lowest BCUT2D eigenvalue weighted by Gasteiger charge is -2.46. The van der Waals surface area contributed by atoms with Gasteiger partial charge in [0.05, 0.1) is 30.9 Å². The molecule has 3 heterocycles. The molecule has 34 heavy (non-hydrogen) atoms. The van der Waals surface area contributed by atoms with Crippen molar-refractivity contribution < 1.29 is 23.4 Å². The van der Waals surface area contributed by atoms with Crippen molar-refractivity contribution in [1.29, 1.82) is 5.26 Å². The van der Waals surface area contributed by atoms with E-state index in [2.05, 4.69) is 9.80 Å². The quantitative estimate of drug-likeness (QED) is 0.629. The molecule has 3 aliphatic heterocycles. The molecule has 2 atom stereocenters. The molecule has 178 valence electrons. The molecule has 7 nitrogen and oxygen atoms in total. The molecule has 0 N–H and O–H groups in total. The van der Waals surface area contributed by atoms with Crippen LogP contribution in [0.1, 0.15) is 44.3 Å². The summed E-state index contributed by atoms with van der Waals surface area (Å²) in [5, 5.41) is 9.04. The average molecular weight is 466 g/mol. The number of benzene rings is 2. The zero-order valence-electron chi connectivity index (χ0n) is 19.5. The Kier molecular flexibility index (Phi) is 6.26. The van der Waals surface area contributed by atoms with Gasteiger partial charge < -0.3 is 19.1 Å². The Balaban J connectivity index is 1.20. The smallest absolute Gasteiger partial charge is 0.338 e. The second kappa shape index (κ2) is 9.34. The fourth-order valence-corrected chi connectivity index (χ4v) is 5.33. The second-order valence-corrected chi connectivity index (χ2v) is 9.13. The molecule has 0 radical (unpaired) electrons. The first kappa shape index (κ1) is 22.8. The lowest BCUT2D eigenvalue weighted by Crippen LogP contribution is -2.58. The number of halogens is 1. The molecule has 3 aliphatic rings. The number of hydrogen-bond donors (Lipinski definition) is 0. The van der Waals surface area contributed by atoms with Crippen LogP contribution in [0, 0.1) is 24.1 Å². The summed E-state index contributed by atoms with van der Waals surface area (Å²) in [7, 11) is 1.44. The number of fused-ring (bicyclic) bond motifs is 2. The molecule has 2 fully saturated rings. The van der Waals surface area contributed by atoms with E-state index in [1.165, 1.54) is 13.2 Å². The van der Waals surface area contributed by atoms with E-state index in [0.29, 0.717) is 31.2 Å².